The van der Waals surface area contributed by atoms with Crippen molar-refractivity contribution in [3.05, 3.63) is 28.2 Å². The van der Waals surface area contributed by atoms with E-state index in [1.165, 1.54) is 12.1 Å². The highest BCUT2D eigenvalue weighted by molar-refractivity contribution is 9.10. The third kappa shape index (κ3) is 2.33. The van der Waals surface area contributed by atoms with Crippen molar-refractivity contribution in [2.45, 2.75) is 19.1 Å². The van der Waals surface area contributed by atoms with E-state index >= 15 is 0 Å². The van der Waals surface area contributed by atoms with Crippen molar-refractivity contribution in [1.29, 1.82) is 0 Å². The van der Waals surface area contributed by atoms with Crippen LogP contribution in [0.1, 0.15) is 12.5 Å². The topological polar surface area (TPSA) is 15.3 Å². The van der Waals surface area contributed by atoms with Gasteiger partial charge in [0.25, 0.3) is 0 Å². The summed E-state index contributed by atoms with van der Waals surface area (Å²) < 4.78 is 40.3. The van der Waals surface area contributed by atoms with Gasteiger partial charge in [-0.05, 0) is 37.0 Å². The Labute approximate surface area is 124 Å². The summed E-state index contributed by atoms with van der Waals surface area (Å²) in [5, 5.41) is 3.32. The normalized spacial score (nSPS) is 29.9. The van der Waals surface area contributed by atoms with Crippen LogP contribution in [-0.4, -0.2) is 25.7 Å². The van der Waals surface area contributed by atoms with Crippen LogP contribution in [0.25, 0.3) is 0 Å². The van der Waals surface area contributed by atoms with E-state index in [0.717, 1.165) is 13.1 Å². The lowest BCUT2D eigenvalue weighted by atomic mass is 9.95. The van der Waals surface area contributed by atoms with Crippen LogP contribution >= 0.6 is 15.9 Å². The summed E-state index contributed by atoms with van der Waals surface area (Å²) in [5.41, 5.74) is -0.241. The molecule has 6 heteroatoms. The van der Waals surface area contributed by atoms with Gasteiger partial charge >= 0.3 is 6.18 Å². The molecule has 0 radical (unpaired) electrons. The number of benzene rings is 1. The van der Waals surface area contributed by atoms with Crippen molar-refractivity contribution in [2.75, 3.05) is 24.5 Å². The van der Waals surface area contributed by atoms with Gasteiger partial charge in [-0.15, -0.1) is 0 Å². The Morgan fingerprint density at radius 1 is 1.30 bits per heavy atom. The molecule has 3 atom stereocenters. The molecule has 1 N–H and O–H groups in total. The Kier molecular flexibility index (Phi) is 3.49. The highest BCUT2D eigenvalue weighted by Gasteiger charge is 2.44. The smallest absolute Gasteiger partial charge is 0.368 e. The first-order valence-corrected chi connectivity index (χ1v) is 7.51. The molecule has 2 aliphatic heterocycles. The van der Waals surface area contributed by atoms with Crippen molar-refractivity contribution >= 4 is 21.6 Å². The van der Waals surface area contributed by atoms with Gasteiger partial charge in [0.1, 0.15) is 0 Å². The molecule has 0 spiro atoms. The Morgan fingerprint density at radius 2 is 2.05 bits per heavy atom. The summed E-state index contributed by atoms with van der Waals surface area (Å²) >= 11 is 3.29. The van der Waals surface area contributed by atoms with Gasteiger partial charge < -0.3 is 10.2 Å². The molecule has 0 amide bonds. The fraction of sp³-hybridized carbons (Fsp3) is 0.571. The lowest BCUT2D eigenvalue weighted by Crippen LogP contribution is -2.34. The molecule has 0 aromatic heterocycles. The third-order valence-corrected chi connectivity index (χ3v) is 5.00. The molecule has 3 rings (SSSR count). The van der Waals surface area contributed by atoms with Gasteiger partial charge in [-0.1, -0.05) is 15.9 Å². The van der Waals surface area contributed by atoms with Crippen LogP contribution in [-0.2, 0) is 6.18 Å². The number of alkyl halides is 3. The zero-order chi connectivity index (χ0) is 14.5. The van der Waals surface area contributed by atoms with Gasteiger partial charge in [-0.2, -0.15) is 13.2 Å². The number of rotatable bonds is 1. The van der Waals surface area contributed by atoms with Crippen molar-refractivity contribution in [2.24, 2.45) is 11.8 Å². The first kappa shape index (κ1) is 14.2. The minimum Gasteiger partial charge on any atom is -0.368 e. The molecule has 1 aromatic rings. The lowest BCUT2D eigenvalue weighted by Gasteiger charge is -2.29. The van der Waals surface area contributed by atoms with E-state index in [-0.39, 0.29) is 6.04 Å². The Balaban J connectivity index is 2.00. The van der Waals surface area contributed by atoms with E-state index in [1.807, 2.05) is 11.8 Å². The van der Waals surface area contributed by atoms with Crippen molar-refractivity contribution < 1.29 is 13.2 Å². The van der Waals surface area contributed by atoms with Crippen LogP contribution < -0.4 is 10.2 Å². The standard InChI is InChI=1S/C14H16BrF3N2/c1-8-11-6-19-5-9(11)7-20(8)13-4-10(15)2-3-12(13)14(16,17)18/h2-4,8-9,11,19H,5-7H2,1H3. The summed E-state index contributed by atoms with van der Waals surface area (Å²) in [6.07, 6.45) is -4.31. The molecule has 2 fully saturated rings. The fourth-order valence-electron chi connectivity index (χ4n) is 3.47. The van der Waals surface area contributed by atoms with Gasteiger partial charge in [0, 0.05) is 30.1 Å². The maximum atomic E-state index is 13.2. The molecule has 0 aliphatic carbocycles. The predicted octanol–water partition coefficient (Wildman–Crippen LogP) is 3.51. The average molecular weight is 349 g/mol. The molecule has 0 saturated carbocycles. The SMILES string of the molecule is CC1C2CNCC2CN1c1cc(Br)ccc1C(F)(F)F. The molecule has 110 valence electrons. The van der Waals surface area contributed by atoms with Crippen LogP contribution in [0.15, 0.2) is 22.7 Å². The highest BCUT2D eigenvalue weighted by Crippen LogP contribution is 2.43. The second-order valence-corrected chi connectivity index (χ2v) is 6.55. The molecule has 2 nitrogen and oxygen atoms in total. The Morgan fingerprint density at radius 3 is 2.70 bits per heavy atom. The zero-order valence-corrected chi connectivity index (χ0v) is 12.6. The van der Waals surface area contributed by atoms with Gasteiger partial charge in [0.15, 0.2) is 0 Å². The number of halogens is 4. The summed E-state index contributed by atoms with van der Waals surface area (Å²) in [4.78, 5) is 1.92. The zero-order valence-electron chi connectivity index (χ0n) is 11.0. The van der Waals surface area contributed by atoms with Crippen LogP contribution in [0.4, 0.5) is 18.9 Å². The molecule has 2 aliphatic rings. The number of anilines is 1. The van der Waals surface area contributed by atoms with E-state index in [9.17, 15) is 13.2 Å². The van der Waals surface area contributed by atoms with Crippen LogP contribution in [0.3, 0.4) is 0 Å². The van der Waals surface area contributed by atoms with E-state index in [2.05, 4.69) is 21.2 Å². The first-order valence-electron chi connectivity index (χ1n) is 6.72. The molecule has 3 unspecified atom stereocenters. The van der Waals surface area contributed by atoms with Crippen molar-refractivity contribution in [1.82, 2.24) is 5.32 Å². The molecule has 0 bridgehead atoms. The third-order valence-electron chi connectivity index (χ3n) is 4.51. The minimum atomic E-state index is -4.31. The summed E-state index contributed by atoms with van der Waals surface area (Å²) in [7, 11) is 0. The summed E-state index contributed by atoms with van der Waals surface area (Å²) in [5.74, 6) is 0.889. The number of hydrogen-bond donors (Lipinski definition) is 1. The highest BCUT2D eigenvalue weighted by atomic mass is 79.9. The molecule has 2 heterocycles. The first-order chi connectivity index (χ1) is 9.38. The largest absolute Gasteiger partial charge is 0.418 e. The second-order valence-electron chi connectivity index (χ2n) is 5.63. The van der Waals surface area contributed by atoms with E-state index in [4.69, 9.17) is 0 Å². The second kappa shape index (κ2) is 4.91. The van der Waals surface area contributed by atoms with E-state index in [0.29, 0.717) is 28.5 Å². The summed E-state index contributed by atoms with van der Waals surface area (Å²) in [6.45, 7) is 4.52. The van der Waals surface area contributed by atoms with E-state index in [1.54, 1.807) is 6.07 Å². The van der Waals surface area contributed by atoms with E-state index < -0.39 is 11.7 Å². The monoisotopic (exact) mass is 348 g/mol. The number of nitrogens with one attached hydrogen (secondary N) is 1. The Hall–Kier alpha value is -0.750. The molecule has 20 heavy (non-hydrogen) atoms. The van der Waals surface area contributed by atoms with Gasteiger partial charge in [0.05, 0.1) is 11.3 Å². The minimum absolute atomic E-state index is 0.130. The Bertz CT molecular complexity index is 518. The fourth-order valence-corrected chi connectivity index (χ4v) is 3.82. The molecular weight excluding hydrogens is 333 g/mol. The molecular formula is C14H16BrF3N2. The van der Waals surface area contributed by atoms with Gasteiger partial charge in [-0.25, -0.2) is 0 Å². The maximum Gasteiger partial charge on any atom is 0.418 e. The number of nitrogens with zero attached hydrogens (tertiary/aromatic N) is 1. The van der Waals surface area contributed by atoms with Crippen LogP contribution in [0, 0.1) is 11.8 Å². The number of fused-ring (bicyclic) bond motifs is 1. The lowest BCUT2D eigenvalue weighted by molar-refractivity contribution is -0.137. The average Bonchev–Trinajstić information content (AvgIpc) is 2.91. The van der Waals surface area contributed by atoms with Gasteiger partial charge in [-0.3, -0.25) is 0 Å². The number of hydrogen-bond acceptors (Lipinski definition) is 2. The molecule has 1 aromatic carbocycles. The molecule has 2 saturated heterocycles. The maximum absolute atomic E-state index is 13.2. The van der Waals surface area contributed by atoms with Gasteiger partial charge in [0.2, 0.25) is 0 Å². The summed E-state index contributed by atoms with van der Waals surface area (Å²) in [6, 6.07) is 4.34. The quantitative estimate of drug-likeness (QED) is 0.835. The van der Waals surface area contributed by atoms with Crippen LogP contribution in [0.2, 0.25) is 0 Å². The van der Waals surface area contributed by atoms with Crippen molar-refractivity contribution in [3.63, 3.8) is 0 Å². The van der Waals surface area contributed by atoms with Crippen LogP contribution in [0.5, 0.6) is 0 Å². The van der Waals surface area contributed by atoms with Crippen molar-refractivity contribution in [3.8, 4) is 0 Å². The predicted molar refractivity (Wildman–Crippen MR) is 75.8 cm³/mol.